The highest BCUT2D eigenvalue weighted by molar-refractivity contribution is 4.60. The number of hydrogen-bond acceptors (Lipinski definition) is 2. The largest absolute Gasteiger partial charge is 0.252 e. The molecule has 1 heterocycles. The molecular formula is C7H12N3. The van der Waals surface area contributed by atoms with Crippen LogP contribution in [0.4, 0.5) is 0 Å². The molecule has 0 unspecified atom stereocenters. The zero-order chi connectivity index (χ0) is 7.23. The zero-order valence-corrected chi connectivity index (χ0v) is 6.25. The van der Waals surface area contributed by atoms with E-state index in [1.54, 1.807) is 6.20 Å². The summed E-state index contributed by atoms with van der Waals surface area (Å²) in [6.07, 6.45) is 8.13. The molecule has 0 spiro atoms. The molecule has 0 fully saturated rings. The van der Waals surface area contributed by atoms with Gasteiger partial charge in [-0.15, -0.1) is 5.10 Å². The van der Waals surface area contributed by atoms with Crippen molar-refractivity contribution in [2.75, 3.05) is 0 Å². The van der Waals surface area contributed by atoms with Crippen LogP contribution in [0.2, 0.25) is 0 Å². The smallest absolute Gasteiger partial charge is 0.134 e. The van der Waals surface area contributed by atoms with Crippen LogP contribution in [0.1, 0.15) is 26.2 Å². The summed E-state index contributed by atoms with van der Waals surface area (Å²) in [4.78, 5) is 0. The SMILES string of the molecule is CCCCCn1c[c]nn1. The average Bonchev–Trinajstić information content (AvgIpc) is 2.41. The minimum absolute atomic E-state index is 0.977. The summed E-state index contributed by atoms with van der Waals surface area (Å²) in [5.41, 5.74) is 0. The van der Waals surface area contributed by atoms with E-state index in [4.69, 9.17) is 0 Å². The van der Waals surface area contributed by atoms with E-state index in [0.29, 0.717) is 0 Å². The third-order valence-electron chi connectivity index (χ3n) is 1.41. The summed E-state index contributed by atoms with van der Waals surface area (Å²) in [6, 6.07) is 0. The van der Waals surface area contributed by atoms with Gasteiger partial charge >= 0.3 is 0 Å². The van der Waals surface area contributed by atoms with E-state index in [9.17, 15) is 0 Å². The van der Waals surface area contributed by atoms with Gasteiger partial charge in [-0.05, 0) is 6.42 Å². The monoisotopic (exact) mass is 138 g/mol. The van der Waals surface area contributed by atoms with E-state index in [2.05, 4.69) is 23.4 Å². The zero-order valence-electron chi connectivity index (χ0n) is 6.25. The maximum absolute atomic E-state index is 3.80. The van der Waals surface area contributed by atoms with E-state index < -0.39 is 0 Å². The van der Waals surface area contributed by atoms with Crippen molar-refractivity contribution in [3.63, 3.8) is 0 Å². The number of aromatic nitrogens is 3. The molecule has 0 saturated heterocycles. The van der Waals surface area contributed by atoms with E-state index in [1.165, 1.54) is 19.3 Å². The molecule has 0 bridgehead atoms. The van der Waals surface area contributed by atoms with Gasteiger partial charge in [0.2, 0.25) is 0 Å². The molecule has 10 heavy (non-hydrogen) atoms. The lowest BCUT2D eigenvalue weighted by Crippen LogP contribution is -1.98. The molecular weight excluding hydrogens is 126 g/mol. The van der Waals surface area contributed by atoms with Crippen molar-refractivity contribution in [1.82, 2.24) is 15.0 Å². The van der Waals surface area contributed by atoms with Gasteiger partial charge in [0, 0.05) is 6.54 Å². The maximum Gasteiger partial charge on any atom is 0.134 e. The minimum Gasteiger partial charge on any atom is -0.252 e. The normalized spacial score (nSPS) is 10.1. The highest BCUT2D eigenvalue weighted by atomic mass is 15.4. The van der Waals surface area contributed by atoms with Gasteiger partial charge in [0.25, 0.3) is 0 Å². The first-order valence-electron chi connectivity index (χ1n) is 3.69. The Hall–Kier alpha value is -0.860. The molecule has 3 nitrogen and oxygen atoms in total. The quantitative estimate of drug-likeness (QED) is 0.586. The van der Waals surface area contributed by atoms with Crippen molar-refractivity contribution >= 4 is 0 Å². The number of rotatable bonds is 4. The molecule has 0 aromatic carbocycles. The Morgan fingerprint density at radius 3 is 3.00 bits per heavy atom. The fourth-order valence-corrected chi connectivity index (χ4v) is 0.835. The topological polar surface area (TPSA) is 30.7 Å². The van der Waals surface area contributed by atoms with Crippen LogP contribution in [-0.2, 0) is 6.54 Å². The predicted molar refractivity (Wildman–Crippen MR) is 38.4 cm³/mol. The van der Waals surface area contributed by atoms with Crippen LogP contribution in [-0.4, -0.2) is 15.0 Å². The number of unbranched alkanes of at least 4 members (excludes halogenated alkanes) is 2. The Morgan fingerprint density at radius 1 is 1.50 bits per heavy atom. The molecule has 1 aromatic heterocycles. The Morgan fingerprint density at radius 2 is 2.40 bits per heavy atom. The highest BCUT2D eigenvalue weighted by Gasteiger charge is 1.89. The van der Waals surface area contributed by atoms with E-state index in [1.807, 2.05) is 4.68 Å². The van der Waals surface area contributed by atoms with Crippen molar-refractivity contribution in [3.05, 3.63) is 12.4 Å². The summed E-state index contributed by atoms with van der Waals surface area (Å²) >= 11 is 0. The molecule has 3 heteroatoms. The van der Waals surface area contributed by atoms with Crippen molar-refractivity contribution in [1.29, 1.82) is 0 Å². The third kappa shape index (κ3) is 2.17. The number of nitrogens with zero attached hydrogens (tertiary/aromatic N) is 3. The molecule has 0 aliphatic heterocycles. The predicted octanol–water partition coefficient (Wildman–Crippen LogP) is 1.27. The van der Waals surface area contributed by atoms with E-state index >= 15 is 0 Å². The van der Waals surface area contributed by atoms with Gasteiger partial charge in [-0.2, -0.15) is 0 Å². The van der Waals surface area contributed by atoms with Gasteiger partial charge in [0.05, 0.1) is 6.20 Å². The Balaban J connectivity index is 2.15. The average molecular weight is 138 g/mol. The second kappa shape index (κ2) is 4.04. The van der Waals surface area contributed by atoms with Crippen molar-refractivity contribution in [2.24, 2.45) is 0 Å². The van der Waals surface area contributed by atoms with E-state index in [0.717, 1.165) is 6.54 Å². The first-order chi connectivity index (χ1) is 4.93. The first kappa shape index (κ1) is 7.25. The highest BCUT2D eigenvalue weighted by Crippen LogP contribution is 1.95. The molecule has 1 aromatic rings. The van der Waals surface area contributed by atoms with Crippen LogP contribution < -0.4 is 0 Å². The Kier molecular flexibility index (Phi) is 2.93. The lowest BCUT2D eigenvalue weighted by atomic mass is 10.2. The molecule has 1 radical (unpaired) electrons. The molecule has 55 valence electrons. The first-order valence-corrected chi connectivity index (χ1v) is 3.69. The Bertz CT molecular complexity index is 157. The molecule has 1 rings (SSSR count). The third-order valence-corrected chi connectivity index (χ3v) is 1.41. The second-order valence-electron chi connectivity index (χ2n) is 2.32. The lowest BCUT2D eigenvalue weighted by molar-refractivity contribution is 0.537. The van der Waals surface area contributed by atoms with Gasteiger partial charge < -0.3 is 0 Å². The number of hydrogen-bond donors (Lipinski definition) is 0. The van der Waals surface area contributed by atoms with Crippen LogP contribution in [0.3, 0.4) is 0 Å². The van der Waals surface area contributed by atoms with Crippen LogP contribution in [0.5, 0.6) is 0 Å². The van der Waals surface area contributed by atoms with Gasteiger partial charge in [0.1, 0.15) is 6.20 Å². The summed E-state index contributed by atoms with van der Waals surface area (Å²) in [5.74, 6) is 0. The van der Waals surface area contributed by atoms with Gasteiger partial charge in [0.15, 0.2) is 0 Å². The molecule has 0 aliphatic carbocycles. The van der Waals surface area contributed by atoms with Crippen molar-refractivity contribution in [3.8, 4) is 0 Å². The lowest BCUT2D eigenvalue weighted by Gasteiger charge is -1.96. The van der Waals surface area contributed by atoms with Crippen molar-refractivity contribution in [2.45, 2.75) is 32.7 Å². The Labute approximate surface area is 61.1 Å². The minimum atomic E-state index is 0.977. The molecule has 0 amide bonds. The summed E-state index contributed by atoms with van der Waals surface area (Å²) < 4.78 is 1.82. The second-order valence-corrected chi connectivity index (χ2v) is 2.32. The van der Waals surface area contributed by atoms with Gasteiger partial charge in [-0.25, -0.2) is 0 Å². The van der Waals surface area contributed by atoms with Crippen LogP contribution in [0.15, 0.2) is 6.20 Å². The van der Waals surface area contributed by atoms with Gasteiger partial charge in [-0.1, -0.05) is 25.0 Å². The van der Waals surface area contributed by atoms with Crippen LogP contribution in [0.25, 0.3) is 0 Å². The molecule has 0 atom stereocenters. The van der Waals surface area contributed by atoms with Crippen LogP contribution >= 0.6 is 0 Å². The summed E-state index contributed by atoms with van der Waals surface area (Å²) in [5, 5.41) is 7.39. The van der Waals surface area contributed by atoms with E-state index in [-0.39, 0.29) is 0 Å². The summed E-state index contributed by atoms with van der Waals surface area (Å²) in [6.45, 7) is 3.16. The summed E-state index contributed by atoms with van der Waals surface area (Å²) in [7, 11) is 0. The fourth-order valence-electron chi connectivity index (χ4n) is 0.835. The maximum atomic E-state index is 3.80. The van der Waals surface area contributed by atoms with Crippen LogP contribution in [0, 0.1) is 6.20 Å². The van der Waals surface area contributed by atoms with Crippen molar-refractivity contribution < 1.29 is 0 Å². The number of aryl methyl sites for hydroxylation is 1. The molecule has 0 aliphatic rings. The fraction of sp³-hybridized carbons (Fsp3) is 0.714. The molecule has 0 saturated carbocycles. The standard InChI is InChI=1S/C7H12N3/c1-2-3-4-6-10-7-5-8-9-10/h7H,2-4,6H2,1H3. The molecule has 0 N–H and O–H groups in total. The van der Waals surface area contributed by atoms with Gasteiger partial charge in [-0.3, -0.25) is 4.68 Å².